The molecular formula is C14H14Br2N2O3. The van der Waals surface area contributed by atoms with E-state index in [4.69, 9.17) is 4.74 Å². The van der Waals surface area contributed by atoms with Crippen molar-refractivity contribution >= 4 is 54.6 Å². The second kappa shape index (κ2) is 7.09. The van der Waals surface area contributed by atoms with Crippen LogP contribution in [0.3, 0.4) is 0 Å². The Morgan fingerprint density at radius 2 is 2.00 bits per heavy atom. The van der Waals surface area contributed by atoms with Crippen LogP contribution in [0.5, 0.6) is 0 Å². The molecule has 112 valence electrons. The molecule has 1 heterocycles. The number of amides is 1. The third-order valence-electron chi connectivity index (χ3n) is 2.89. The fraction of sp³-hybridized carbons (Fsp3) is 0.286. The van der Waals surface area contributed by atoms with Crippen molar-refractivity contribution < 1.29 is 14.3 Å². The van der Waals surface area contributed by atoms with E-state index in [-0.39, 0.29) is 24.8 Å². The first-order chi connectivity index (χ1) is 10.0. The molecular weight excluding hydrogens is 404 g/mol. The maximum Gasteiger partial charge on any atom is 0.307 e. The minimum absolute atomic E-state index is 0.164. The number of carbonyl (C=O) groups excluding carboxylic acids is 2. The van der Waals surface area contributed by atoms with Gasteiger partial charge in [0, 0.05) is 32.6 Å². The SMILES string of the molecule is CCOC(=O)CCNC(=O)c1c[nH]c2cc(Br)c(Br)cc12. The maximum absolute atomic E-state index is 12.1. The smallest absolute Gasteiger partial charge is 0.307 e. The van der Waals surface area contributed by atoms with Gasteiger partial charge in [0.2, 0.25) is 0 Å². The molecule has 0 radical (unpaired) electrons. The number of aromatic nitrogens is 1. The van der Waals surface area contributed by atoms with Gasteiger partial charge in [-0.25, -0.2) is 0 Å². The van der Waals surface area contributed by atoms with Crippen LogP contribution in [-0.2, 0) is 9.53 Å². The molecule has 2 aromatic rings. The monoisotopic (exact) mass is 416 g/mol. The maximum atomic E-state index is 12.1. The Hall–Kier alpha value is -1.34. The number of nitrogens with one attached hydrogen (secondary N) is 2. The van der Waals surface area contributed by atoms with E-state index in [0.29, 0.717) is 12.2 Å². The number of esters is 1. The molecule has 0 aliphatic carbocycles. The van der Waals surface area contributed by atoms with Crippen molar-refractivity contribution in [2.24, 2.45) is 0 Å². The van der Waals surface area contributed by atoms with Gasteiger partial charge >= 0.3 is 5.97 Å². The van der Waals surface area contributed by atoms with Gasteiger partial charge in [-0.05, 0) is 50.9 Å². The molecule has 0 saturated carbocycles. The summed E-state index contributed by atoms with van der Waals surface area (Å²) in [6.45, 7) is 2.35. The quantitative estimate of drug-likeness (QED) is 0.732. The van der Waals surface area contributed by atoms with Crippen molar-refractivity contribution in [3.8, 4) is 0 Å². The van der Waals surface area contributed by atoms with Crippen LogP contribution in [0.2, 0.25) is 0 Å². The predicted molar refractivity (Wildman–Crippen MR) is 87.3 cm³/mol. The standard InChI is InChI=1S/C14H14Br2N2O3/c1-2-21-13(19)3-4-17-14(20)9-7-18-12-6-11(16)10(15)5-8(9)12/h5-7,18H,2-4H2,1H3,(H,17,20). The molecule has 0 unspecified atom stereocenters. The fourth-order valence-electron chi connectivity index (χ4n) is 1.91. The number of H-pyrrole nitrogens is 1. The average Bonchev–Trinajstić information content (AvgIpc) is 2.82. The van der Waals surface area contributed by atoms with Crippen LogP contribution in [0.1, 0.15) is 23.7 Å². The molecule has 1 amide bonds. The van der Waals surface area contributed by atoms with Gasteiger partial charge in [-0.2, -0.15) is 0 Å². The van der Waals surface area contributed by atoms with Crippen molar-refractivity contribution in [1.29, 1.82) is 0 Å². The fourth-order valence-corrected chi connectivity index (χ4v) is 2.60. The predicted octanol–water partition coefficient (Wildman–Crippen LogP) is 3.38. The van der Waals surface area contributed by atoms with Gasteiger partial charge in [-0.1, -0.05) is 0 Å². The van der Waals surface area contributed by atoms with Crippen LogP contribution in [0.4, 0.5) is 0 Å². The van der Waals surface area contributed by atoms with Crippen molar-refractivity contribution in [3.05, 3.63) is 32.8 Å². The lowest BCUT2D eigenvalue weighted by Gasteiger charge is -2.05. The molecule has 0 saturated heterocycles. The Kier molecular flexibility index (Phi) is 5.41. The van der Waals surface area contributed by atoms with Crippen molar-refractivity contribution in [2.45, 2.75) is 13.3 Å². The van der Waals surface area contributed by atoms with Gasteiger partial charge in [0.05, 0.1) is 18.6 Å². The van der Waals surface area contributed by atoms with Gasteiger partial charge in [-0.15, -0.1) is 0 Å². The summed E-state index contributed by atoms with van der Waals surface area (Å²) in [7, 11) is 0. The molecule has 0 bridgehead atoms. The van der Waals surface area contributed by atoms with Gasteiger partial charge in [-0.3, -0.25) is 9.59 Å². The zero-order valence-corrected chi connectivity index (χ0v) is 14.5. The highest BCUT2D eigenvalue weighted by molar-refractivity contribution is 9.13. The summed E-state index contributed by atoms with van der Waals surface area (Å²) >= 11 is 6.84. The topological polar surface area (TPSA) is 71.2 Å². The van der Waals surface area contributed by atoms with Crippen LogP contribution in [0, 0.1) is 0 Å². The molecule has 0 fully saturated rings. The van der Waals surface area contributed by atoms with Crippen LogP contribution < -0.4 is 5.32 Å². The summed E-state index contributed by atoms with van der Waals surface area (Å²) in [4.78, 5) is 26.4. The first-order valence-electron chi connectivity index (χ1n) is 6.43. The minimum Gasteiger partial charge on any atom is -0.466 e. The Morgan fingerprint density at radius 1 is 1.29 bits per heavy atom. The summed E-state index contributed by atoms with van der Waals surface area (Å²) in [6.07, 6.45) is 1.82. The number of fused-ring (bicyclic) bond motifs is 1. The Morgan fingerprint density at radius 3 is 2.71 bits per heavy atom. The molecule has 1 aromatic carbocycles. The number of carbonyl (C=O) groups is 2. The van der Waals surface area contributed by atoms with E-state index in [9.17, 15) is 9.59 Å². The first-order valence-corrected chi connectivity index (χ1v) is 8.01. The molecule has 5 nitrogen and oxygen atoms in total. The van der Waals surface area contributed by atoms with Crippen LogP contribution in [0.25, 0.3) is 10.9 Å². The molecule has 0 spiro atoms. The van der Waals surface area contributed by atoms with Crippen LogP contribution in [-0.4, -0.2) is 30.0 Å². The van der Waals surface area contributed by atoms with Crippen molar-refractivity contribution in [1.82, 2.24) is 10.3 Å². The Balaban J connectivity index is 2.06. The van der Waals surface area contributed by atoms with Gasteiger partial charge in [0.1, 0.15) is 0 Å². The highest BCUT2D eigenvalue weighted by Crippen LogP contribution is 2.29. The lowest BCUT2D eigenvalue weighted by molar-refractivity contribution is -0.142. The van der Waals surface area contributed by atoms with Crippen molar-refractivity contribution in [2.75, 3.05) is 13.2 Å². The van der Waals surface area contributed by atoms with E-state index < -0.39 is 0 Å². The van der Waals surface area contributed by atoms with E-state index >= 15 is 0 Å². The van der Waals surface area contributed by atoms with E-state index in [2.05, 4.69) is 42.2 Å². The highest BCUT2D eigenvalue weighted by Gasteiger charge is 2.13. The molecule has 2 N–H and O–H groups in total. The molecule has 0 atom stereocenters. The average molecular weight is 418 g/mol. The van der Waals surface area contributed by atoms with Crippen LogP contribution >= 0.6 is 31.9 Å². The van der Waals surface area contributed by atoms with Crippen molar-refractivity contribution in [3.63, 3.8) is 0 Å². The van der Waals surface area contributed by atoms with E-state index in [0.717, 1.165) is 19.8 Å². The Labute approximate surface area is 138 Å². The third-order valence-corrected chi connectivity index (χ3v) is 4.73. The number of hydrogen-bond acceptors (Lipinski definition) is 3. The molecule has 7 heteroatoms. The summed E-state index contributed by atoms with van der Waals surface area (Å²) in [5.41, 5.74) is 1.41. The summed E-state index contributed by atoms with van der Waals surface area (Å²) in [5.74, 6) is -0.539. The lowest BCUT2D eigenvalue weighted by Crippen LogP contribution is -2.26. The highest BCUT2D eigenvalue weighted by atomic mass is 79.9. The van der Waals surface area contributed by atoms with Crippen LogP contribution in [0.15, 0.2) is 27.3 Å². The number of aromatic amines is 1. The second-order valence-corrected chi connectivity index (χ2v) is 6.03. The van der Waals surface area contributed by atoms with Gasteiger partial charge in [0.25, 0.3) is 5.91 Å². The second-order valence-electron chi connectivity index (χ2n) is 4.33. The number of halogens is 2. The summed E-state index contributed by atoms with van der Waals surface area (Å²) in [6, 6.07) is 3.77. The molecule has 0 aliphatic rings. The lowest BCUT2D eigenvalue weighted by atomic mass is 10.1. The molecule has 2 rings (SSSR count). The number of benzene rings is 1. The largest absolute Gasteiger partial charge is 0.466 e. The zero-order valence-electron chi connectivity index (χ0n) is 11.3. The van der Waals surface area contributed by atoms with E-state index in [1.165, 1.54) is 0 Å². The number of ether oxygens (including phenoxy) is 1. The minimum atomic E-state index is -0.316. The van der Waals surface area contributed by atoms with Gasteiger partial charge < -0.3 is 15.0 Å². The first kappa shape index (κ1) is 16.0. The zero-order chi connectivity index (χ0) is 15.4. The number of rotatable bonds is 5. The third kappa shape index (κ3) is 3.85. The molecule has 21 heavy (non-hydrogen) atoms. The van der Waals surface area contributed by atoms with E-state index in [1.54, 1.807) is 13.1 Å². The summed E-state index contributed by atoms with van der Waals surface area (Å²) in [5, 5.41) is 3.53. The normalized spacial score (nSPS) is 10.6. The van der Waals surface area contributed by atoms with Gasteiger partial charge in [0.15, 0.2) is 0 Å². The molecule has 1 aromatic heterocycles. The molecule has 0 aliphatic heterocycles. The number of hydrogen-bond donors (Lipinski definition) is 2. The Bertz CT molecular complexity index is 682. The summed E-state index contributed by atoms with van der Waals surface area (Å²) < 4.78 is 6.58. The van der Waals surface area contributed by atoms with E-state index in [1.807, 2.05) is 12.1 Å².